The summed E-state index contributed by atoms with van der Waals surface area (Å²) in [6.45, 7) is 0.845. The molecular formula is C22H22N4O2S. The molecule has 148 valence electrons. The Labute approximate surface area is 172 Å². The van der Waals surface area contributed by atoms with Gasteiger partial charge in [-0.15, -0.1) is 11.3 Å². The molecule has 0 aliphatic heterocycles. The number of benzene rings is 1. The van der Waals surface area contributed by atoms with Crippen LogP contribution < -0.4 is 15.4 Å². The number of nitrogens with one attached hydrogen (secondary N) is 3. The van der Waals surface area contributed by atoms with Gasteiger partial charge in [-0.05, 0) is 29.1 Å². The van der Waals surface area contributed by atoms with Crippen molar-refractivity contribution in [2.45, 2.75) is 12.5 Å². The third kappa shape index (κ3) is 4.25. The Morgan fingerprint density at radius 3 is 2.90 bits per heavy atom. The Bertz CT molecular complexity index is 1090. The molecule has 0 radical (unpaired) electrons. The molecule has 1 atom stereocenters. The Morgan fingerprint density at radius 1 is 1.17 bits per heavy atom. The number of hydrogen-bond donors (Lipinski definition) is 3. The molecule has 0 saturated carbocycles. The smallest absolute Gasteiger partial charge is 0.315 e. The van der Waals surface area contributed by atoms with Gasteiger partial charge in [0.25, 0.3) is 0 Å². The highest BCUT2D eigenvalue weighted by atomic mass is 32.1. The molecule has 0 saturated heterocycles. The lowest BCUT2D eigenvalue weighted by atomic mass is 9.97. The van der Waals surface area contributed by atoms with Crippen LogP contribution in [0.25, 0.3) is 10.9 Å². The Balaban J connectivity index is 1.46. The number of amides is 2. The van der Waals surface area contributed by atoms with Gasteiger partial charge in [0.15, 0.2) is 0 Å². The largest absolute Gasteiger partial charge is 0.481 e. The quantitative estimate of drug-likeness (QED) is 0.429. The molecule has 0 spiro atoms. The Morgan fingerprint density at radius 2 is 2.07 bits per heavy atom. The average molecular weight is 407 g/mol. The van der Waals surface area contributed by atoms with E-state index < -0.39 is 0 Å². The van der Waals surface area contributed by atoms with Gasteiger partial charge in [0.2, 0.25) is 5.88 Å². The second-order valence-corrected chi connectivity index (χ2v) is 7.57. The maximum absolute atomic E-state index is 12.4. The molecule has 0 aliphatic rings. The van der Waals surface area contributed by atoms with E-state index in [1.165, 1.54) is 15.8 Å². The molecule has 6 nitrogen and oxygen atoms in total. The van der Waals surface area contributed by atoms with Gasteiger partial charge in [0.05, 0.1) is 7.11 Å². The van der Waals surface area contributed by atoms with E-state index in [9.17, 15) is 4.79 Å². The minimum atomic E-state index is -0.225. The summed E-state index contributed by atoms with van der Waals surface area (Å²) in [6.07, 6.45) is 3.70. The molecule has 29 heavy (non-hydrogen) atoms. The first-order valence-corrected chi connectivity index (χ1v) is 10.2. The highest BCUT2D eigenvalue weighted by Crippen LogP contribution is 2.32. The van der Waals surface area contributed by atoms with Crippen molar-refractivity contribution in [3.63, 3.8) is 0 Å². The molecule has 7 heteroatoms. The molecule has 0 aliphatic carbocycles. The highest BCUT2D eigenvalue weighted by molar-refractivity contribution is 7.10. The lowest BCUT2D eigenvalue weighted by molar-refractivity contribution is 0.240. The van der Waals surface area contributed by atoms with Crippen LogP contribution in [-0.2, 0) is 6.54 Å². The lowest BCUT2D eigenvalue weighted by Crippen LogP contribution is -2.37. The Kier molecular flexibility index (Phi) is 5.76. The minimum Gasteiger partial charge on any atom is -0.481 e. The van der Waals surface area contributed by atoms with Crippen LogP contribution in [-0.4, -0.2) is 29.7 Å². The topological polar surface area (TPSA) is 79.0 Å². The zero-order valence-electron chi connectivity index (χ0n) is 16.0. The molecule has 4 aromatic rings. The number of thiophene rings is 1. The number of aromatic amines is 1. The van der Waals surface area contributed by atoms with Crippen LogP contribution in [0.2, 0.25) is 0 Å². The summed E-state index contributed by atoms with van der Waals surface area (Å²) in [4.78, 5) is 21.1. The number of H-pyrrole nitrogens is 1. The fourth-order valence-corrected chi connectivity index (χ4v) is 4.26. The van der Waals surface area contributed by atoms with E-state index >= 15 is 0 Å². The predicted molar refractivity (Wildman–Crippen MR) is 115 cm³/mol. The first-order valence-electron chi connectivity index (χ1n) is 9.35. The molecule has 0 bridgehead atoms. The zero-order chi connectivity index (χ0) is 20.1. The van der Waals surface area contributed by atoms with Gasteiger partial charge in [-0.3, -0.25) is 0 Å². The number of carbonyl (C=O) groups is 1. The second-order valence-electron chi connectivity index (χ2n) is 6.59. The van der Waals surface area contributed by atoms with Crippen molar-refractivity contribution in [2.75, 3.05) is 13.7 Å². The zero-order valence-corrected chi connectivity index (χ0v) is 16.8. The fourth-order valence-electron chi connectivity index (χ4n) is 3.41. The third-order valence-corrected chi connectivity index (χ3v) is 5.82. The standard InChI is InChI=1S/C22H22N4O2S/c1-28-21-15(6-4-10-23-21)12-25-22(27)26-14-18(20-9-5-11-29-20)17-13-24-19-8-3-2-7-16(17)19/h2-11,13,18,24H,12,14H2,1H3,(H2,25,26,27)/t18-/m0/s1. The van der Waals surface area contributed by atoms with Crippen molar-refractivity contribution in [3.8, 4) is 5.88 Å². The van der Waals surface area contributed by atoms with E-state index in [2.05, 4.69) is 44.2 Å². The molecule has 3 aromatic heterocycles. The van der Waals surface area contributed by atoms with E-state index in [-0.39, 0.29) is 11.9 Å². The summed E-state index contributed by atoms with van der Waals surface area (Å²) in [5.74, 6) is 0.591. The van der Waals surface area contributed by atoms with Gasteiger partial charge >= 0.3 is 6.03 Å². The van der Waals surface area contributed by atoms with E-state index in [0.717, 1.165) is 11.1 Å². The number of pyridine rings is 1. The summed E-state index contributed by atoms with van der Waals surface area (Å²) in [7, 11) is 1.57. The van der Waals surface area contributed by atoms with Crippen LogP contribution in [0.1, 0.15) is 21.9 Å². The van der Waals surface area contributed by atoms with E-state index in [1.54, 1.807) is 24.6 Å². The van der Waals surface area contributed by atoms with Crippen molar-refractivity contribution >= 4 is 28.3 Å². The van der Waals surface area contributed by atoms with Crippen molar-refractivity contribution in [3.05, 3.63) is 82.3 Å². The molecule has 4 rings (SSSR count). The minimum absolute atomic E-state index is 0.0739. The summed E-state index contributed by atoms with van der Waals surface area (Å²) < 4.78 is 5.23. The average Bonchev–Trinajstić information content (AvgIpc) is 3.43. The number of nitrogens with zero attached hydrogens (tertiary/aromatic N) is 1. The maximum atomic E-state index is 12.4. The van der Waals surface area contributed by atoms with Crippen molar-refractivity contribution < 1.29 is 9.53 Å². The van der Waals surface area contributed by atoms with E-state index in [0.29, 0.717) is 19.0 Å². The van der Waals surface area contributed by atoms with Crippen LogP contribution in [0.5, 0.6) is 5.88 Å². The number of ether oxygens (including phenoxy) is 1. The van der Waals surface area contributed by atoms with E-state index in [1.807, 2.05) is 36.5 Å². The number of rotatable bonds is 7. The molecule has 2 amide bonds. The number of hydrogen-bond acceptors (Lipinski definition) is 4. The third-order valence-electron chi connectivity index (χ3n) is 4.83. The van der Waals surface area contributed by atoms with Gasteiger partial charge in [0.1, 0.15) is 0 Å². The Hall–Kier alpha value is -3.32. The normalized spacial score (nSPS) is 11.9. The number of aromatic nitrogens is 2. The number of carbonyl (C=O) groups excluding carboxylic acids is 1. The van der Waals surface area contributed by atoms with Gasteiger partial charge in [-0.25, -0.2) is 9.78 Å². The predicted octanol–water partition coefficient (Wildman–Crippen LogP) is 4.26. The summed E-state index contributed by atoms with van der Waals surface area (Å²) in [5, 5.41) is 9.13. The van der Waals surface area contributed by atoms with Crippen LogP contribution in [0, 0.1) is 0 Å². The summed E-state index contributed by atoms with van der Waals surface area (Å²) in [5.41, 5.74) is 3.10. The van der Waals surface area contributed by atoms with Crippen LogP contribution in [0.4, 0.5) is 4.79 Å². The summed E-state index contributed by atoms with van der Waals surface area (Å²) >= 11 is 1.69. The van der Waals surface area contributed by atoms with Crippen LogP contribution in [0.3, 0.4) is 0 Å². The summed E-state index contributed by atoms with van der Waals surface area (Å²) in [6, 6.07) is 15.8. The SMILES string of the molecule is COc1ncccc1CNC(=O)NC[C@H](c1cccs1)c1c[nH]c2ccccc12. The monoisotopic (exact) mass is 406 g/mol. The van der Waals surface area contributed by atoms with E-state index in [4.69, 9.17) is 4.74 Å². The lowest BCUT2D eigenvalue weighted by Gasteiger charge is -2.17. The first-order chi connectivity index (χ1) is 14.3. The number of para-hydroxylation sites is 1. The number of methoxy groups -OCH3 is 1. The maximum Gasteiger partial charge on any atom is 0.315 e. The van der Waals surface area contributed by atoms with Crippen molar-refractivity contribution in [2.24, 2.45) is 0 Å². The van der Waals surface area contributed by atoms with Gasteiger partial charge in [-0.1, -0.05) is 30.3 Å². The van der Waals surface area contributed by atoms with Crippen LogP contribution >= 0.6 is 11.3 Å². The van der Waals surface area contributed by atoms with Crippen LogP contribution in [0.15, 0.2) is 66.3 Å². The number of fused-ring (bicyclic) bond motifs is 1. The fraction of sp³-hybridized carbons (Fsp3) is 0.182. The first kappa shape index (κ1) is 19.0. The van der Waals surface area contributed by atoms with Gasteiger partial charge in [-0.2, -0.15) is 0 Å². The molecule has 0 fully saturated rings. The van der Waals surface area contributed by atoms with Gasteiger partial charge in [0, 0.05) is 52.7 Å². The molecular weight excluding hydrogens is 384 g/mol. The second kappa shape index (κ2) is 8.79. The molecule has 3 N–H and O–H groups in total. The molecule has 3 heterocycles. The number of urea groups is 1. The van der Waals surface area contributed by atoms with Crippen molar-refractivity contribution in [1.29, 1.82) is 0 Å². The molecule has 1 aromatic carbocycles. The molecule has 0 unspecified atom stereocenters. The highest BCUT2D eigenvalue weighted by Gasteiger charge is 2.20. The van der Waals surface area contributed by atoms with Gasteiger partial charge < -0.3 is 20.4 Å². The van der Waals surface area contributed by atoms with Crippen molar-refractivity contribution in [1.82, 2.24) is 20.6 Å².